The Labute approximate surface area is 111 Å². The number of nitrogens with zero attached hydrogens (tertiary/aromatic N) is 1. The van der Waals surface area contributed by atoms with Crippen molar-refractivity contribution in [2.45, 2.75) is 39.0 Å². The molecule has 0 saturated carbocycles. The molecule has 0 spiro atoms. The van der Waals surface area contributed by atoms with Gasteiger partial charge < -0.3 is 4.90 Å². The topological polar surface area (TPSA) is 3.24 Å². The van der Waals surface area contributed by atoms with Crippen molar-refractivity contribution >= 4 is 17.2 Å². The zero-order valence-corrected chi connectivity index (χ0v) is 12.4. The van der Waals surface area contributed by atoms with Crippen molar-refractivity contribution in [3.63, 3.8) is 0 Å². The van der Waals surface area contributed by atoms with Crippen LogP contribution in [0, 0.1) is 0 Å². The van der Waals surface area contributed by atoms with Gasteiger partial charge in [0.25, 0.3) is 0 Å². The Kier molecular flexibility index (Phi) is 4.70. The minimum Gasteiger partial charge on any atom is -0.372 e. The Hall–Kier alpha value is -0.890. The van der Waals surface area contributed by atoms with Crippen molar-refractivity contribution in [3.8, 4) is 0 Å². The Morgan fingerprint density at radius 1 is 1.12 bits per heavy atom. The van der Waals surface area contributed by atoms with E-state index in [1.807, 2.05) is 19.0 Å². The monoisotopic (exact) mass is 249 g/mol. The number of hydrogen-bond acceptors (Lipinski definition) is 1. The van der Waals surface area contributed by atoms with Crippen LogP contribution in [0.25, 0.3) is 0 Å². The summed E-state index contributed by atoms with van der Waals surface area (Å²) in [6.45, 7) is 6.72. The van der Waals surface area contributed by atoms with Gasteiger partial charge in [0, 0.05) is 20.5 Å². The molecule has 17 heavy (non-hydrogen) atoms. The van der Waals surface area contributed by atoms with Crippen LogP contribution in [-0.4, -0.2) is 24.0 Å². The third kappa shape index (κ3) is 4.47. The lowest BCUT2D eigenvalue weighted by Crippen LogP contribution is -2.19. The van der Waals surface area contributed by atoms with Crippen LogP contribution in [0.2, 0.25) is 0 Å². The van der Waals surface area contributed by atoms with Crippen molar-refractivity contribution in [2.24, 2.45) is 0 Å². The second-order valence-electron chi connectivity index (χ2n) is 5.74. The van der Waals surface area contributed by atoms with Gasteiger partial charge in [-0.05, 0) is 23.0 Å². The Morgan fingerprint density at radius 3 is 2.06 bits per heavy atom. The van der Waals surface area contributed by atoms with Gasteiger partial charge in [0.05, 0.1) is 4.99 Å². The molecule has 0 aliphatic carbocycles. The maximum atomic E-state index is 5.29. The highest BCUT2D eigenvalue weighted by molar-refractivity contribution is 7.80. The molecule has 0 aliphatic rings. The zero-order valence-electron chi connectivity index (χ0n) is 11.6. The van der Waals surface area contributed by atoms with Crippen molar-refractivity contribution < 1.29 is 0 Å². The minimum atomic E-state index is 0.234. The molecule has 0 unspecified atom stereocenters. The summed E-state index contributed by atoms with van der Waals surface area (Å²) in [4.78, 5) is 3.03. The zero-order chi connectivity index (χ0) is 13.1. The average Bonchev–Trinajstić information content (AvgIpc) is 2.25. The average molecular weight is 249 g/mol. The minimum absolute atomic E-state index is 0.234. The van der Waals surface area contributed by atoms with E-state index in [1.165, 1.54) is 11.1 Å². The standard InChI is InChI=1S/C15H23NS/c1-15(2,3)13-9-6-12(7-10-13)8-11-14(17)16(4)5/h6-7,9-10H,8,11H2,1-5H3. The van der Waals surface area contributed by atoms with Crippen LogP contribution in [0.15, 0.2) is 24.3 Å². The van der Waals surface area contributed by atoms with Crippen molar-refractivity contribution in [1.29, 1.82) is 0 Å². The Balaban J connectivity index is 2.61. The summed E-state index contributed by atoms with van der Waals surface area (Å²) >= 11 is 5.29. The van der Waals surface area contributed by atoms with E-state index in [9.17, 15) is 0 Å². The molecule has 1 aromatic rings. The first-order valence-electron chi connectivity index (χ1n) is 6.10. The Bertz CT molecular complexity index is 371. The molecule has 94 valence electrons. The molecule has 0 atom stereocenters. The van der Waals surface area contributed by atoms with Crippen LogP contribution in [-0.2, 0) is 11.8 Å². The van der Waals surface area contributed by atoms with Crippen LogP contribution in [0.5, 0.6) is 0 Å². The normalized spacial score (nSPS) is 11.4. The molecule has 0 N–H and O–H groups in total. The summed E-state index contributed by atoms with van der Waals surface area (Å²) in [6.07, 6.45) is 1.98. The van der Waals surface area contributed by atoms with E-state index in [4.69, 9.17) is 12.2 Å². The molecular weight excluding hydrogens is 226 g/mol. The lowest BCUT2D eigenvalue weighted by molar-refractivity contribution is 0.590. The third-order valence-electron chi connectivity index (χ3n) is 2.95. The molecule has 0 saturated heterocycles. The summed E-state index contributed by atoms with van der Waals surface area (Å²) in [5, 5.41) is 0. The first kappa shape index (κ1) is 14.2. The van der Waals surface area contributed by atoms with Gasteiger partial charge in [-0.25, -0.2) is 0 Å². The van der Waals surface area contributed by atoms with Crippen molar-refractivity contribution in [2.75, 3.05) is 14.1 Å². The first-order chi connectivity index (χ1) is 7.80. The van der Waals surface area contributed by atoms with E-state index >= 15 is 0 Å². The number of rotatable bonds is 3. The summed E-state index contributed by atoms with van der Waals surface area (Å²) in [5.41, 5.74) is 2.98. The van der Waals surface area contributed by atoms with Crippen molar-refractivity contribution in [3.05, 3.63) is 35.4 Å². The molecule has 1 aromatic carbocycles. The molecule has 2 heteroatoms. The quantitative estimate of drug-likeness (QED) is 0.750. The van der Waals surface area contributed by atoms with E-state index < -0.39 is 0 Å². The highest BCUT2D eigenvalue weighted by Gasteiger charge is 2.12. The second kappa shape index (κ2) is 5.63. The van der Waals surface area contributed by atoms with Gasteiger partial charge in [-0.1, -0.05) is 57.3 Å². The van der Waals surface area contributed by atoms with Gasteiger partial charge in [-0.15, -0.1) is 0 Å². The molecule has 0 fully saturated rings. The molecule has 0 radical (unpaired) electrons. The van der Waals surface area contributed by atoms with E-state index in [-0.39, 0.29) is 5.41 Å². The summed E-state index contributed by atoms with van der Waals surface area (Å²) in [5.74, 6) is 0. The smallest absolute Gasteiger partial charge is 0.0777 e. The fraction of sp³-hybridized carbons (Fsp3) is 0.533. The fourth-order valence-corrected chi connectivity index (χ4v) is 1.75. The Morgan fingerprint density at radius 2 is 1.65 bits per heavy atom. The highest BCUT2D eigenvalue weighted by atomic mass is 32.1. The third-order valence-corrected chi connectivity index (χ3v) is 3.52. The number of benzene rings is 1. The van der Waals surface area contributed by atoms with E-state index in [1.54, 1.807) is 0 Å². The molecule has 0 aromatic heterocycles. The molecule has 1 rings (SSSR count). The summed E-state index contributed by atoms with van der Waals surface area (Å²) < 4.78 is 0. The fourth-order valence-electron chi connectivity index (χ4n) is 1.65. The van der Waals surface area contributed by atoms with Crippen LogP contribution in [0.1, 0.15) is 38.3 Å². The predicted molar refractivity (Wildman–Crippen MR) is 79.7 cm³/mol. The molecule has 0 amide bonds. The number of thiocarbonyl (C=S) groups is 1. The molecule has 0 aliphatic heterocycles. The van der Waals surface area contributed by atoms with Gasteiger partial charge in [0.2, 0.25) is 0 Å². The molecule has 1 nitrogen and oxygen atoms in total. The van der Waals surface area contributed by atoms with Crippen LogP contribution in [0.3, 0.4) is 0 Å². The number of hydrogen-bond donors (Lipinski definition) is 0. The maximum absolute atomic E-state index is 5.29. The van der Waals surface area contributed by atoms with Gasteiger partial charge >= 0.3 is 0 Å². The highest BCUT2D eigenvalue weighted by Crippen LogP contribution is 2.22. The molecular formula is C15H23NS. The van der Waals surface area contributed by atoms with Gasteiger partial charge in [-0.2, -0.15) is 0 Å². The van der Waals surface area contributed by atoms with Gasteiger partial charge in [-0.3, -0.25) is 0 Å². The summed E-state index contributed by atoms with van der Waals surface area (Å²) in [7, 11) is 4.01. The van der Waals surface area contributed by atoms with Crippen molar-refractivity contribution in [1.82, 2.24) is 4.90 Å². The first-order valence-corrected chi connectivity index (χ1v) is 6.51. The molecule has 0 bridgehead atoms. The summed E-state index contributed by atoms with van der Waals surface area (Å²) in [6, 6.07) is 8.90. The maximum Gasteiger partial charge on any atom is 0.0777 e. The van der Waals surface area contributed by atoms with E-state index in [0.717, 1.165) is 17.8 Å². The molecule has 0 heterocycles. The van der Waals surface area contributed by atoms with E-state index in [2.05, 4.69) is 45.0 Å². The lowest BCUT2D eigenvalue weighted by atomic mass is 9.86. The van der Waals surface area contributed by atoms with Gasteiger partial charge in [0.1, 0.15) is 0 Å². The number of aryl methyl sites for hydroxylation is 1. The largest absolute Gasteiger partial charge is 0.372 e. The van der Waals surface area contributed by atoms with Crippen LogP contribution in [0.4, 0.5) is 0 Å². The lowest BCUT2D eigenvalue weighted by Gasteiger charge is -2.19. The SMILES string of the molecule is CN(C)C(=S)CCc1ccc(C(C)(C)C)cc1. The predicted octanol–water partition coefficient (Wildman–Crippen LogP) is 3.81. The van der Waals surface area contributed by atoms with Gasteiger partial charge in [0.15, 0.2) is 0 Å². The van der Waals surface area contributed by atoms with E-state index in [0.29, 0.717) is 0 Å². The second-order valence-corrected chi connectivity index (χ2v) is 6.21. The van der Waals surface area contributed by atoms with Crippen LogP contribution < -0.4 is 0 Å². The van der Waals surface area contributed by atoms with Crippen LogP contribution >= 0.6 is 12.2 Å².